The molecule has 0 bridgehead atoms. The number of rotatable bonds is 14. The number of hydrogen-bond donors (Lipinski definition) is 0. The average Bonchev–Trinajstić information content (AvgIpc) is 3.94. The molecule has 0 fully saturated rings. The van der Waals surface area contributed by atoms with E-state index >= 15 is 0 Å². The van der Waals surface area contributed by atoms with E-state index in [2.05, 4.69) is 222 Å². The van der Waals surface area contributed by atoms with Crippen LogP contribution < -0.4 is 0 Å². The molecule has 0 aliphatic carbocycles. The van der Waals surface area contributed by atoms with Gasteiger partial charge in [0.25, 0.3) is 0 Å². The van der Waals surface area contributed by atoms with Crippen LogP contribution >= 0.6 is 0 Å². The van der Waals surface area contributed by atoms with Crippen LogP contribution in [0.3, 0.4) is 0 Å². The fourth-order valence-electron chi connectivity index (χ4n) is 10.6. The molecule has 0 unspecified atom stereocenters. The SMILES string of the molecule is [Ir+3].[c-]1cc(CCc2cc(CCc3c[c-]c(-c4ccccn4)cc3)cc(-c3ccccc3-c3c[c-]c(-c4nccc5c4oc4cc(-c6ccccc6)ccc45)cc3-c3ccc(-c4ccccc4)cc3)c2)ccc1-c1ccccn1. The van der Waals surface area contributed by atoms with Gasteiger partial charge in [-0.3, -0.25) is 0 Å². The Labute approximate surface area is 469 Å². The van der Waals surface area contributed by atoms with Crippen LogP contribution in [-0.4, -0.2) is 15.0 Å². The summed E-state index contributed by atoms with van der Waals surface area (Å²) in [5.74, 6) is 0. The van der Waals surface area contributed by atoms with Gasteiger partial charge in [-0.1, -0.05) is 187 Å². The Morgan fingerprint density at radius 3 is 1.46 bits per heavy atom. The van der Waals surface area contributed by atoms with Crippen molar-refractivity contribution in [1.29, 1.82) is 0 Å². The topological polar surface area (TPSA) is 51.8 Å². The van der Waals surface area contributed by atoms with Gasteiger partial charge in [-0.15, -0.1) is 94.5 Å². The smallest absolute Gasteiger partial charge is 0.464 e. The van der Waals surface area contributed by atoms with Gasteiger partial charge in [0.05, 0.1) is 0 Å². The van der Waals surface area contributed by atoms with Crippen LogP contribution in [0.2, 0.25) is 0 Å². The van der Waals surface area contributed by atoms with E-state index in [-0.39, 0.29) is 20.1 Å². The third-order valence-corrected chi connectivity index (χ3v) is 14.6. The summed E-state index contributed by atoms with van der Waals surface area (Å²) in [7, 11) is 0. The largest absolute Gasteiger partial charge is 3.00 e. The molecular formula is C73H50IrN3O. The van der Waals surface area contributed by atoms with Gasteiger partial charge >= 0.3 is 20.1 Å². The monoisotopic (exact) mass is 1180 g/mol. The summed E-state index contributed by atoms with van der Waals surface area (Å²) in [5, 5.41) is 2.08. The predicted molar refractivity (Wildman–Crippen MR) is 315 cm³/mol. The molecule has 0 radical (unpaired) electrons. The first-order chi connectivity index (χ1) is 38.1. The predicted octanol–water partition coefficient (Wildman–Crippen LogP) is 18.1. The molecule has 372 valence electrons. The zero-order valence-corrected chi connectivity index (χ0v) is 45.1. The molecule has 0 amide bonds. The summed E-state index contributed by atoms with van der Waals surface area (Å²) in [6, 6.07) is 94.6. The molecule has 13 rings (SSSR count). The van der Waals surface area contributed by atoms with E-state index in [0.717, 1.165) is 126 Å². The van der Waals surface area contributed by atoms with Crippen LogP contribution in [0.25, 0.3) is 111 Å². The number of aryl methyl sites for hydroxylation is 4. The summed E-state index contributed by atoms with van der Waals surface area (Å²) in [6.07, 6.45) is 9.06. The molecule has 4 heterocycles. The van der Waals surface area contributed by atoms with Crippen LogP contribution in [-0.2, 0) is 45.8 Å². The Hall–Kier alpha value is -9.12. The van der Waals surface area contributed by atoms with Crippen LogP contribution in [0.4, 0.5) is 0 Å². The van der Waals surface area contributed by atoms with E-state index in [0.29, 0.717) is 0 Å². The quantitative estimate of drug-likeness (QED) is 0.102. The number of fused-ring (bicyclic) bond motifs is 3. The molecule has 0 aliphatic heterocycles. The average molecular weight is 1180 g/mol. The number of nitrogens with zero attached hydrogens (tertiary/aromatic N) is 3. The Morgan fingerprint density at radius 1 is 0.321 bits per heavy atom. The Kier molecular flexibility index (Phi) is 14.4. The van der Waals surface area contributed by atoms with E-state index in [4.69, 9.17) is 9.40 Å². The zero-order valence-electron chi connectivity index (χ0n) is 42.7. The molecule has 4 aromatic heterocycles. The van der Waals surface area contributed by atoms with Gasteiger partial charge in [0.2, 0.25) is 0 Å². The van der Waals surface area contributed by atoms with Crippen molar-refractivity contribution in [3.05, 3.63) is 296 Å². The number of benzene rings is 9. The second kappa shape index (κ2) is 22.6. The fourth-order valence-corrected chi connectivity index (χ4v) is 10.6. The molecule has 9 aromatic carbocycles. The summed E-state index contributed by atoms with van der Waals surface area (Å²) in [4.78, 5) is 14.1. The molecule has 0 saturated carbocycles. The van der Waals surface area contributed by atoms with Gasteiger partial charge in [0.1, 0.15) is 11.2 Å². The minimum Gasteiger partial charge on any atom is -0.464 e. The van der Waals surface area contributed by atoms with Crippen molar-refractivity contribution in [3.8, 4) is 89.4 Å². The molecule has 0 aliphatic rings. The Morgan fingerprint density at radius 2 is 0.859 bits per heavy atom. The Balaban J connectivity index is 0.00000609. The second-order valence-corrected chi connectivity index (χ2v) is 19.6. The summed E-state index contributed by atoms with van der Waals surface area (Å²) >= 11 is 0. The normalized spacial score (nSPS) is 11.2. The molecule has 5 heteroatoms. The van der Waals surface area contributed by atoms with E-state index in [1.54, 1.807) is 0 Å². The zero-order chi connectivity index (χ0) is 51.3. The maximum absolute atomic E-state index is 6.78. The molecule has 78 heavy (non-hydrogen) atoms. The summed E-state index contributed by atoms with van der Waals surface area (Å²) in [5.41, 5.74) is 23.4. The third-order valence-electron chi connectivity index (χ3n) is 14.6. The van der Waals surface area contributed by atoms with Crippen molar-refractivity contribution in [3.63, 3.8) is 0 Å². The number of hydrogen-bond acceptors (Lipinski definition) is 4. The summed E-state index contributed by atoms with van der Waals surface area (Å²) in [6.45, 7) is 0. The Bertz CT molecular complexity index is 4060. The standard InChI is InChI=1S/C73H50N3O.Ir/c1-3-13-54(14-4-1)56-33-35-57(36-34-56)68-48-61(72-73-67(41-44-76-72)66-40-37-60(49-71(66)77-73)55-15-5-2-6-16-55)38-39-65(68)64-18-8-7-17-63(64)62-46-52(23-21-50-25-29-58(30-26-50)69-19-9-11-42-74-69)45-53(47-62)24-22-51-27-31-59(32-28-51)70-20-10-12-43-75-70;/h1-20,25-29,31,33-37,39-49H,21-24H2;/q-3;+3. The van der Waals surface area contributed by atoms with Crippen LogP contribution in [0, 0.1) is 18.2 Å². The molecule has 13 aromatic rings. The van der Waals surface area contributed by atoms with Crippen molar-refractivity contribution >= 4 is 21.9 Å². The van der Waals surface area contributed by atoms with Gasteiger partial charge in [0, 0.05) is 35.1 Å². The first kappa shape index (κ1) is 49.7. The van der Waals surface area contributed by atoms with Gasteiger partial charge < -0.3 is 19.4 Å². The van der Waals surface area contributed by atoms with Crippen molar-refractivity contribution in [2.24, 2.45) is 0 Å². The van der Waals surface area contributed by atoms with E-state index in [1.165, 1.54) is 33.4 Å². The molecule has 0 saturated heterocycles. The molecule has 0 N–H and O–H groups in total. The number of pyridine rings is 3. The maximum Gasteiger partial charge on any atom is 3.00 e. The van der Waals surface area contributed by atoms with Crippen molar-refractivity contribution in [2.45, 2.75) is 25.7 Å². The molecule has 0 spiro atoms. The van der Waals surface area contributed by atoms with Gasteiger partial charge in [0.15, 0.2) is 0 Å². The minimum atomic E-state index is 0. The fraction of sp³-hybridized carbons (Fsp3) is 0.0548. The summed E-state index contributed by atoms with van der Waals surface area (Å²) < 4.78 is 6.78. The first-order valence-electron chi connectivity index (χ1n) is 26.3. The molecule has 4 nitrogen and oxygen atoms in total. The molecule has 0 atom stereocenters. The van der Waals surface area contributed by atoms with Crippen molar-refractivity contribution < 1.29 is 24.5 Å². The van der Waals surface area contributed by atoms with Gasteiger partial charge in [-0.25, -0.2) is 0 Å². The second-order valence-electron chi connectivity index (χ2n) is 19.6. The van der Waals surface area contributed by atoms with E-state index in [9.17, 15) is 0 Å². The van der Waals surface area contributed by atoms with Crippen molar-refractivity contribution in [1.82, 2.24) is 15.0 Å². The van der Waals surface area contributed by atoms with Crippen molar-refractivity contribution in [2.75, 3.05) is 0 Å². The van der Waals surface area contributed by atoms with Gasteiger partial charge in [-0.05, 0) is 105 Å². The third kappa shape index (κ3) is 10.5. The maximum atomic E-state index is 6.78. The number of aromatic nitrogens is 3. The van der Waals surface area contributed by atoms with E-state index < -0.39 is 0 Å². The van der Waals surface area contributed by atoms with Crippen LogP contribution in [0.1, 0.15) is 22.3 Å². The first-order valence-corrected chi connectivity index (χ1v) is 26.3. The number of furan rings is 1. The molecular weight excluding hydrogens is 1130 g/mol. The van der Waals surface area contributed by atoms with E-state index in [1.807, 2.05) is 61.1 Å². The van der Waals surface area contributed by atoms with Gasteiger partial charge in [-0.2, -0.15) is 0 Å². The van der Waals surface area contributed by atoms with Crippen LogP contribution in [0.5, 0.6) is 0 Å². The minimum absolute atomic E-state index is 0. The van der Waals surface area contributed by atoms with Crippen LogP contribution in [0.15, 0.2) is 260 Å².